The quantitative estimate of drug-likeness (QED) is 0.713. The monoisotopic (exact) mass is 293 g/mol. The first-order valence-electron chi connectivity index (χ1n) is 6.87. The Morgan fingerprint density at radius 1 is 1.33 bits per heavy atom. The molecular formula is C15H19NO5. The van der Waals surface area contributed by atoms with Gasteiger partial charge in [-0.3, -0.25) is 9.59 Å². The maximum atomic E-state index is 11.9. The molecule has 1 aromatic rings. The number of ether oxygens (including phenoxy) is 2. The Bertz CT molecular complexity index is 517. The van der Waals surface area contributed by atoms with Crippen molar-refractivity contribution < 1.29 is 24.2 Å². The van der Waals surface area contributed by atoms with E-state index in [1.807, 2.05) is 0 Å². The number of nitrogens with one attached hydrogen (secondary N) is 1. The van der Waals surface area contributed by atoms with Gasteiger partial charge in [-0.05, 0) is 18.6 Å². The van der Waals surface area contributed by atoms with Gasteiger partial charge in [0.2, 0.25) is 5.91 Å². The van der Waals surface area contributed by atoms with Gasteiger partial charge in [0.25, 0.3) is 0 Å². The molecule has 0 bridgehead atoms. The van der Waals surface area contributed by atoms with Crippen LogP contribution in [0.2, 0.25) is 0 Å². The average molecular weight is 293 g/mol. The van der Waals surface area contributed by atoms with Crippen molar-refractivity contribution >= 4 is 17.6 Å². The van der Waals surface area contributed by atoms with Gasteiger partial charge in [0.1, 0.15) is 5.75 Å². The molecule has 0 heterocycles. The van der Waals surface area contributed by atoms with Crippen LogP contribution >= 0.6 is 0 Å². The number of carboxylic acids is 1. The van der Waals surface area contributed by atoms with Crippen molar-refractivity contribution in [2.45, 2.75) is 12.8 Å². The molecule has 1 fully saturated rings. The van der Waals surface area contributed by atoms with Gasteiger partial charge in [0, 0.05) is 31.9 Å². The van der Waals surface area contributed by atoms with E-state index < -0.39 is 17.8 Å². The number of benzene rings is 1. The van der Waals surface area contributed by atoms with E-state index >= 15 is 0 Å². The number of hydrogen-bond donors (Lipinski definition) is 2. The molecule has 1 aliphatic rings. The average Bonchev–Trinajstić information content (AvgIpc) is 3.25. The number of amides is 1. The first-order valence-corrected chi connectivity index (χ1v) is 6.87. The Balaban J connectivity index is 1.83. The van der Waals surface area contributed by atoms with Crippen LogP contribution in [0, 0.1) is 11.8 Å². The van der Waals surface area contributed by atoms with E-state index in [4.69, 9.17) is 14.6 Å². The fraction of sp³-hybridized carbons (Fsp3) is 0.467. The number of hydrogen-bond acceptors (Lipinski definition) is 4. The minimum Gasteiger partial charge on any atom is -0.493 e. The van der Waals surface area contributed by atoms with E-state index in [1.54, 1.807) is 31.4 Å². The van der Waals surface area contributed by atoms with Crippen LogP contribution in [0.1, 0.15) is 12.8 Å². The summed E-state index contributed by atoms with van der Waals surface area (Å²) in [5, 5.41) is 11.5. The SMILES string of the molecule is COCCCOc1cccc(NC(=O)C2CC2C(=O)O)c1. The zero-order valence-electron chi connectivity index (χ0n) is 11.9. The molecule has 1 amide bonds. The summed E-state index contributed by atoms with van der Waals surface area (Å²) in [7, 11) is 1.64. The highest BCUT2D eigenvalue weighted by molar-refractivity contribution is 5.98. The molecule has 1 aliphatic carbocycles. The third kappa shape index (κ3) is 4.46. The predicted molar refractivity (Wildman–Crippen MR) is 76.3 cm³/mol. The van der Waals surface area contributed by atoms with E-state index in [-0.39, 0.29) is 5.91 Å². The van der Waals surface area contributed by atoms with Crippen LogP contribution in [-0.2, 0) is 14.3 Å². The number of carboxylic acid groups (broad SMARTS) is 1. The Labute approximate surface area is 123 Å². The zero-order valence-corrected chi connectivity index (χ0v) is 11.9. The third-order valence-corrected chi connectivity index (χ3v) is 3.31. The van der Waals surface area contributed by atoms with Crippen LogP contribution in [0.3, 0.4) is 0 Å². The number of methoxy groups -OCH3 is 1. The molecule has 0 spiro atoms. The number of rotatable bonds is 8. The first-order chi connectivity index (χ1) is 10.1. The summed E-state index contributed by atoms with van der Waals surface area (Å²) in [6, 6.07) is 7.06. The molecule has 114 valence electrons. The molecule has 2 rings (SSSR count). The second-order valence-electron chi connectivity index (χ2n) is 5.00. The lowest BCUT2D eigenvalue weighted by Crippen LogP contribution is -2.16. The van der Waals surface area contributed by atoms with Gasteiger partial charge in [0.15, 0.2) is 0 Å². The lowest BCUT2D eigenvalue weighted by Gasteiger charge is -2.09. The second kappa shape index (κ2) is 7.08. The Hall–Kier alpha value is -2.08. The summed E-state index contributed by atoms with van der Waals surface area (Å²) in [4.78, 5) is 22.6. The molecule has 6 nitrogen and oxygen atoms in total. The number of aliphatic carboxylic acids is 1. The summed E-state index contributed by atoms with van der Waals surface area (Å²) in [6.45, 7) is 1.17. The fourth-order valence-electron chi connectivity index (χ4n) is 2.05. The molecule has 2 unspecified atom stereocenters. The molecule has 0 aliphatic heterocycles. The zero-order chi connectivity index (χ0) is 15.2. The van der Waals surface area contributed by atoms with Crippen molar-refractivity contribution in [3.63, 3.8) is 0 Å². The van der Waals surface area contributed by atoms with E-state index in [0.29, 0.717) is 31.1 Å². The van der Waals surface area contributed by atoms with Crippen LogP contribution in [0.25, 0.3) is 0 Å². The summed E-state index contributed by atoms with van der Waals surface area (Å²) < 4.78 is 10.5. The molecule has 6 heteroatoms. The highest BCUT2D eigenvalue weighted by Crippen LogP contribution is 2.39. The maximum Gasteiger partial charge on any atom is 0.307 e. The highest BCUT2D eigenvalue weighted by Gasteiger charge is 2.48. The van der Waals surface area contributed by atoms with Gasteiger partial charge in [-0.1, -0.05) is 6.07 Å². The first kappa shape index (κ1) is 15.3. The standard InChI is InChI=1S/C15H19NO5/c1-20-6-3-7-21-11-5-2-4-10(8-11)16-14(17)12-9-13(12)15(18)19/h2,4-5,8,12-13H,3,6-7,9H2,1H3,(H,16,17)(H,18,19). The van der Waals surface area contributed by atoms with E-state index in [0.717, 1.165) is 6.42 Å². The van der Waals surface area contributed by atoms with Crippen LogP contribution in [0.15, 0.2) is 24.3 Å². The van der Waals surface area contributed by atoms with Gasteiger partial charge in [-0.15, -0.1) is 0 Å². The summed E-state index contributed by atoms with van der Waals surface area (Å²) in [6.07, 6.45) is 1.20. The molecule has 2 atom stereocenters. The number of carbonyl (C=O) groups excluding carboxylic acids is 1. The second-order valence-corrected chi connectivity index (χ2v) is 5.00. The van der Waals surface area contributed by atoms with Crippen molar-refractivity contribution in [2.75, 3.05) is 25.6 Å². The summed E-state index contributed by atoms with van der Waals surface area (Å²) in [5.41, 5.74) is 0.611. The molecule has 0 saturated heterocycles. The lowest BCUT2D eigenvalue weighted by molar-refractivity contribution is -0.139. The molecule has 2 N–H and O–H groups in total. The largest absolute Gasteiger partial charge is 0.493 e. The normalized spacial score (nSPS) is 19.9. The van der Waals surface area contributed by atoms with E-state index in [1.165, 1.54) is 0 Å². The van der Waals surface area contributed by atoms with Gasteiger partial charge in [-0.25, -0.2) is 0 Å². The Kier molecular flexibility index (Phi) is 5.16. The third-order valence-electron chi connectivity index (χ3n) is 3.31. The molecule has 1 saturated carbocycles. The van der Waals surface area contributed by atoms with Gasteiger partial charge < -0.3 is 19.9 Å². The van der Waals surface area contributed by atoms with Crippen molar-refractivity contribution in [2.24, 2.45) is 11.8 Å². The fourth-order valence-corrected chi connectivity index (χ4v) is 2.05. The Morgan fingerprint density at radius 3 is 2.81 bits per heavy atom. The van der Waals surface area contributed by atoms with Crippen LogP contribution in [0.4, 0.5) is 5.69 Å². The molecule has 21 heavy (non-hydrogen) atoms. The van der Waals surface area contributed by atoms with Crippen LogP contribution < -0.4 is 10.1 Å². The summed E-state index contributed by atoms with van der Waals surface area (Å²) in [5.74, 6) is -1.47. The molecule has 0 radical (unpaired) electrons. The van der Waals surface area contributed by atoms with Crippen molar-refractivity contribution in [3.8, 4) is 5.75 Å². The maximum absolute atomic E-state index is 11.9. The molecule has 0 aromatic heterocycles. The molecule has 1 aromatic carbocycles. The number of anilines is 1. The minimum atomic E-state index is -0.912. The Morgan fingerprint density at radius 2 is 2.14 bits per heavy atom. The lowest BCUT2D eigenvalue weighted by atomic mass is 10.2. The van der Waals surface area contributed by atoms with E-state index in [9.17, 15) is 9.59 Å². The predicted octanol–water partition coefficient (Wildman–Crippen LogP) is 1.76. The van der Waals surface area contributed by atoms with Crippen molar-refractivity contribution in [3.05, 3.63) is 24.3 Å². The van der Waals surface area contributed by atoms with Crippen LogP contribution in [0.5, 0.6) is 5.75 Å². The topological polar surface area (TPSA) is 84.9 Å². The highest BCUT2D eigenvalue weighted by atomic mass is 16.5. The van der Waals surface area contributed by atoms with E-state index in [2.05, 4.69) is 5.32 Å². The van der Waals surface area contributed by atoms with Crippen molar-refractivity contribution in [1.29, 1.82) is 0 Å². The van der Waals surface area contributed by atoms with Crippen LogP contribution in [-0.4, -0.2) is 37.3 Å². The van der Waals surface area contributed by atoms with Gasteiger partial charge in [-0.2, -0.15) is 0 Å². The number of carbonyl (C=O) groups is 2. The van der Waals surface area contributed by atoms with Gasteiger partial charge >= 0.3 is 5.97 Å². The van der Waals surface area contributed by atoms with Crippen molar-refractivity contribution in [1.82, 2.24) is 0 Å². The summed E-state index contributed by atoms with van der Waals surface area (Å²) >= 11 is 0. The molecular weight excluding hydrogens is 274 g/mol. The van der Waals surface area contributed by atoms with Gasteiger partial charge in [0.05, 0.1) is 18.4 Å². The minimum absolute atomic E-state index is 0.251. The smallest absolute Gasteiger partial charge is 0.307 e.